The minimum absolute atomic E-state index is 0.00694. The highest BCUT2D eigenvalue weighted by Gasteiger charge is 2.16. The van der Waals surface area contributed by atoms with E-state index in [4.69, 9.17) is 9.79 Å². The maximum atomic E-state index is 10.5. The second kappa shape index (κ2) is 4.38. The predicted molar refractivity (Wildman–Crippen MR) is 47.2 cm³/mol. The quantitative estimate of drug-likeness (QED) is 0.646. The molecular formula is C7H16NO3P. The molecule has 0 radical (unpaired) electrons. The van der Waals surface area contributed by atoms with Gasteiger partial charge in [-0.05, 0) is 25.9 Å². The van der Waals surface area contributed by atoms with E-state index in [1.165, 1.54) is 19.3 Å². The van der Waals surface area contributed by atoms with Crippen LogP contribution in [0.2, 0.25) is 0 Å². The Hall–Kier alpha value is 0.110. The Morgan fingerprint density at radius 2 is 1.75 bits per heavy atom. The highest BCUT2D eigenvalue weighted by atomic mass is 31.2. The molecule has 1 rings (SSSR count). The summed E-state index contributed by atoms with van der Waals surface area (Å²) in [6, 6.07) is 0. The molecule has 0 saturated carbocycles. The van der Waals surface area contributed by atoms with Crippen LogP contribution < -0.4 is 0 Å². The summed E-state index contributed by atoms with van der Waals surface area (Å²) in [5, 5.41) is 0. The van der Waals surface area contributed by atoms with Gasteiger partial charge in [-0.15, -0.1) is 0 Å². The van der Waals surface area contributed by atoms with Gasteiger partial charge in [0.1, 0.15) is 0 Å². The Balaban J connectivity index is 2.17. The van der Waals surface area contributed by atoms with Crippen molar-refractivity contribution >= 4 is 7.60 Å². The van der Waals surface area contributed by atoms with Crippen LogP contribution in [-0.4, -0.2) is 40.5 Å². The molecule has 0 aliphatic carbocycles. The van der Waals surface area contributed by atoms with Gasteiger partial charge < -0.3 is 14.7 Å². The maximum absolute atomic E-state index is 10.5. The summed E-state index contributed by atoms with van der Waals surface area (Å²) in [4.78, 5) is 19.4. The zero-order valence-electron chi connectivity index (χ0n) is 7.15. The molecule has 0 bridgehead atoms. The van der Waals surface area contributed by atoms with Gasteiger partial charge in [0.2, 0.25) is 0 Å². The van der Waals surface area contributed by atoms with Gasteiger partial charge in [-0.2, -0.15) is 0 Å². The van der Waals surface area contributed by atoms with E-state index in [-0.39, 0.29) is 6.16 Å². The number of piperidine rings is 1. The molecule has 1 aliphatic heterocycles. The summed E-state index contributed by atoms with van der Waals surface area (Å²) in [7, 11) is -3.77. The fraction of sp³-hybridized carbons (Fsp3) is 1.00. The van der Waals surface area contributed by atoms with Crippen molar-refractivity contribution in [2.24, 2.45) is 0 Å². The van der Waals surface area contributed by atoms with Crippen LogP contribution in [0.5, 0.6) is 0 Å². The number of hydrogen-bond donors (Lipinski definition) is 2. The molecule has 5 heteroatoms. The first-order valence-electron chi connectivity index (χ1n) is 4.35. The van der Waals surface area contributed by atoms with Crippen LogP contribution in [0, 0.1) is 0 Å². The van der Waals surface area contributed by atoms with Crippen LogP contribution in [-0.2, 0) is 4.57 Å². The van der Waals surface area contributed by atoms with Gasteiger partial charge in [0.15, 0.2) is 0 Å². The second-order valence-corrected chi connectivity index (χ2v) is 5.07. The lowest BCUT2D eigenvalue weighted by atomic mass is 10.1. The first-order chi connectivity index (χ1) is 5.58. The van der Waals surface area contributed by atoms with Crippen molar-refractivity contribution in [3.63, 3.8) is 0 Å². The smallest absolute Gasteiger partial charge is 0.324 e. The number of hydrogen-bond acceptors (Lipinski definition) is 2. The number of likely N-dealkylation sites (tertiary alicyclic amines) is 1. The maximum Gasteiger partial charge on any atom is 0.326 e. The number of nitrogens with zero attached hydrogens (tertiary/aromatic N) is 1. The molecule has 0 aromatic heterocycles. The summed E-state index contributed by atoms with van der Waals surface area (Å²) < 4.78 is 10.5. The van der Waals surface area contributed by atoms with Crippen molar-refractivity contribution in [3.05, 3.63) is 0 Å². The monoisotopic (exact) mass is 193 g/mol. The summed E-state index contributed by atoms with van der Waals surface area (Å²) >= 11 is 0. The fourth-order valence-electron chi connectivity index (χ4n) is 1.45. The van der Waals surface area contributed by atoms with E-state index in [0.717, 1.165) is 13.1 Å². The highest BCUT2D eigenvalue weighted by Crippen LogP contribution is 2.33. The van der Waals surface area contributed by atoms with Crippen molar-refractivity contribution in [2.75, 3.05) is 25.8 Å². The Labute approximate surface area is 72.7 Å². The van der Waals surface area contributed by atoms with Crippen molar-refractivity contribution in [1.82, 2.24) is 4.90 Å². The molecule has 2 N–H and O–H groups in total. The first-order valence-corrected chi connectivity index (χ1v) is 6.15. The first kappa shape index (κ1) is 10.2. The van der Waals surface area contributed by atoms with E-state index < -0.39 is 7.60 Å². The zero-order chi connectivity index (χ0) is 9.03. The van der Waals surface area contributed by atoms with Crippen LogP contribution in [0.4, 0.5) is 0 Å². The summed E-state index contributed by atoms with van der Waals surface area (Å²) in [5.74, 6) is 0. The minimum Gasteiger partial charge on any atom is -0.324 e. The summed E-state index contributed by atoms with van der Waals surface area (Å²) in [5.41, 5.74) is 0. The molecule has 72 valence electrons. The average molecular weight is 193 g/mol. The Morgan fingerprint density at radius 3 is 2.25 bits per heavy atom. The van der Waals surface area contributed by atoms with Crippen LogP contribution in [0.3, 0.4) is 0 Å². The zero-order valence-corrected chi connectivity index (χ0v) is 8.04. The summed E-state index contributed by atoms with van der Waals surface area (Å²) in [6.45, 7) is 2.55. The van der Waals surface area contributed by atoms with Crippen molar-refractivity contribution in [1.29, 1.82) is 0 Å². The van der Waals surface area contributed by atoms with E-state index in [9.17, 15) is 4.57 Å². The molecule has 1 fully saturated rings. The van der Waals surface area contributed by atoms with Gasteiger partial charge in [0, 0.05) is 6.54 Å². The third-order valence-electron chi connectivity index (χ3n) is 2.16. The van der Waals surface area contributed by atoms with Crippen LogP contribution in [0.25, 0.3) is 0 Å². The highest BCUT2D eigenvalue weighted by molar-refractivity contribution is 7.51. The van der Waals surface area contributed by atoms with Gasteiger partial charge >= 0.3 is 7.60 Å². The lowest BCUT2D eigenvalue weighted by Gasteiger charge is -2.26. The van der Waals surface area contributed by atoms with E-state index in [1.54, 1.807) is 0 Å². The normalized spacial score (nSPS) is 21.2. The third-order valence-corrected chi connectivity index (χ3v) is 2.94. The lowest BCUT2D eigenvalue weighted by Crippen LogP contribution is -2.32. The summed E-state index contributed by atoms with van der Waals surface area (Å²) in [6.07, 6.45) is 3.60. The minimum atomic E-state index is -3.77. The Bertz CT molecular complexity index is 173. The molecular weight excluding hydrogens is 177 g/mol. The second-order valence-electron chi connectivity index (χ2n) is 3.29. The largest absolute Gasteiger partial charge is 0.326 e. The number of rotatable bonds is 3. The molecule has 1 heterocycles. The van der Waals surface area contributed by atoms with E-state index in [0.29, 0.717) is 6.54 Å². The van der Waals surface area contributed by atoms with Gasteiger partial charge in [-0.1, -0.05) is 6.42 Å². The molecule has 0 amide bonds. The third kappa shape index (κ3) is 4.21. The van der Waals surface area contributed by atoms with Gasteiger partial charge in [0.25, 0.3) is 0 Å². The van der Waals surface area contributed by atoms with Crippen molar-refractivity contribution < 1.29 is 14.4 Å². The molecule has 4 nitrogen and oxygen atoms in total. The molecule has 0 unspecified atom stereocenters. The average Bonchev–Trinajstić information content (AvgIpc) is 2.02. The Morgan fingerprint density at radius 1 is 1.17 bits per heavy atom. The Kier molecular flexibility index (Phi) is 3.72. The predicted octanol–water partition coefficient (Wildman–Crippen LogP) is 0.650. The van der Waals surface area contributed by atoms with Gasteiger partial charge in [0.05, 0.1) is 6.16 Å². The molecule has 12 heavy (non-hydrogen) atoms. The standard InChI is InChI=1S/C7H16NO3P/c9-12(10,11)7-6-8-4-2-1-3-5-8/h1-7H2,(H2,9,10,11). The molecule has 0 aromatic carbocycles. The van der Waals surface area contributed by atoms with Gasteiger partial charge in [-0.25, -0.2) is 0 Å². The van der Waals surface area contributed by atoms with Crippen LogP contribution in [0.15, 0.2) is 0 Å². The van der Waals surface area contributed by atoms with E-state index in [1.807, 2.05) is 0 Å². The molecule has 1 aliphatic rings. The van der Waals surface area contributed by atoms with E-state index in [2.05, 4.69) is 4.90 Å². The molecule has 0 atom stereocenters. The molecule has 0 spiro atoms. The van der Waals surface area contributed by atoms with Gasteiger partial charge in [-0.3, -0.25) is 4.57 Å². The molecule has 1 saturated heterocycles. The fourth-order valence-corrected chi connectivity index (χ4v) is 2.00. The van der Waals surface area contributed by atoms with E-state index >= 15 is 0 Å². The van der Waals surface area contributed by atoms with Crippen molar-refractivity contribution in [3.8, 4) is 0 Å². The molecule has 0 aromatic rings. The van der Waals surface area contributed by atoms with Crippen LogP contribution in [0.1, 0.15) is 19.3 Å². The SMILES string of the molecule is O=P(O)(O)CCN1CCCCC1. The topological polar surface area (TPSA) is 60.8 Å². The van der Waals surface area contributed by atoms with Crippen LogP contribution >= 0.6 is 7.60 Å². The van der Waals surface area contributed by atoms with Crippen molar-refractivity contribution in [2.45, 2.75) is 19.3 Å². The lowest BCUT2D eigenvalue weighted by molar-refractivity contribution is 0.236.